The lowest BCUT2D eigenvalue weighted by Crippen LogP contribution is -2.43. The van der Waals surface area contributed by atoms with Crippen LogP contribution < -0.4 is 5.32 Å². The summed E-state index contributed by atoms with van der Waals surface area (Å²) >= 11 is 1.14. The van der Waals surface area contributed by atoms with Crippen LogP contribution in [0.5, 0.6) is 0 Å². The number of nitrogens with zero attached hydrogens (tertiary/aromatic N) is 3. The van der Waals surface area contributed by atoms with Gasteiger partial charge in [0.25, 0.3) is 5.91 Å². The highest BCUT2D eigenvalue weighted by atomic mass is 32.2. The van der Waals surface area contributed by atoms with Gasteiger partial charge in [-0.1, -0.05) is 30.0 Å². The maximum absolute atomic E-state index is 13.0. The summed E-state index contributed by atoms with van der Waals surface area (Å²) in [4.78, 5) is 31.8. The molecule has 0 radical (unpaired) electrons. The quantitative estimate of drug-likeness (QED) is 0.600. The van der Waals surface area contributed by atoms with Crippen LogP contribution in [-0.2, 0) is 14.6 Å². The minimum atomic E-state index is -3.09. The number of nitrogens with one attached hydrogen (secondary N) is 1. The van der Waals surface area contributed by atoms with Gasteiger partial charge in [0.1, 0.15) is 11.1 Å². The number of carbonyl (C=O) groups excluding carboxylic acids is 2. The number of amides is 2. The highest BCUT2D eigenvalue weighted by Gasteiger charge is 2.42. The van der Waals surface area contributed by atoms with Crippen LogP contribution in [0.15, 0.2) is 41.4 Å². The number of nitriles is 1. The Kier molecular flexibility index (Phi) is 6.72. The monoisotopic (exact) mass is 484 g/mol. The number of carbonyl (C=O) groups is 2. The molecule has 8 nitrogen and oxygen atoms in total. The molecule has 2 aliphatic rings. The molecular weight excluding hydrogens is 460 g/mol. The Bertz CT molecular complexity index is 1220. The molecule has 2 amide bonds. The molecule has 172 valence electrons. The van der Waals surface area contributed by atoms with E-state index in [-0.39, 0.29) is 46.7 Å². The molecule has 1 atom stereocenters. The number of aryl methyl sites for hydroxylation is 1. The molecule has 10 heteroatoms. The molecule has 1 saturated carbocycles. The second-order valence-electron chi connectivity index (χ2n) is 8.28. The van der Waals surface area contributed by atoms with E-state index in [0.29, 0.717) is 28.4 Å². The highest BCUT2D eigenvalue weighted by molar-refractivity contribution is 8.00. The zero-order valence-electron chi connectivity index (χ0n) is 18.2. The van der Waals surface area contributed by atoms with Crippen LogP contribution >= 0.6 is 11.8 Å². The number of anilines is 1. The molecule has 1 aromatic heterocycles. The van der Waals surface area contributed by atoms with E-state index in [1.165, 1.54) is 6.07 Å². The van der Waals surface area contributed by atoms with Crippen molar-refractivity contribution < 1.29 is 18.0 Å². The number of thioether (sulfide) groups is 1. The number of hydrogen-bond donors (Lipinski definition) is 1. The number of sulfone groups is 1. The number of rotatable bonds is 7. The molecule has 0 bridgehead atoms. The van der Waals surface area contributed by atoms with Crippen molar-refractivity contribution in [3.05, 3.63) is 53.2 Å². The predicted molar refractivity (Wildman–Crippen MR) is 126 cm³/mol. The molecule has 1 aliphatic carbocycles. The van der Waals surface area contributed by atoms with E-state index in [4.69, 9.17) is 0 Å². The number of pyridine rings is 1. The molecule has 2 heterocycles. The molecule has 1 saturated heterocycles. The van der Waals surface area contributed by atoms with E-state index >= 15 is 0 Å². The fourth-order valence-electron chi connectivity index (χ4n) is 3.98. The fourth-order valence-corrected chi connectivity index (χ4v) is 6.56. The van der Waals surface area contributed by atoms with Crippen LogP contribution in [0.1, 0.15) is 40.9 Å². The Balaban J connectivity index is 1.46. The number of hydrogen-bond acceptors (Lipinski definition) is 7. The summed E-state index contributed by atoms with van der Waals surface area (Å²) in [6.45, 7) is 1.69. The zero-order chi connectivity index (χ0) is 23.6. The van der Waals surface area contributed by atoms with Gasteiger partial charge < -0.3 is 10.2 Å². The van der Waals surface area contributed by atoms with Crippen molar-refractivity contribution in [1.82, 2.24) is 9.88 Å². The van der Waals surface area contributed by atoms with Crippen molar-refractivity contribution in [2.75, 3.05) is 22.6 Å². The molecule has 1 N–H and O–H groups in total. The van der Waals surface area contributed by atoms with Gasteiger partial charge in [-0.3, -0.25) is 9.59 Å². The van der Waals surface area contributed by atoms with Crippen LogP contribution in [0.25, 0.3) is 0 Å². The Morgan fingerprint density at radius 3 is 2.55 bits per heavy atom. The molecular formula is C23H24N4O4S2. The standard InChI is InChI=1S/C23H24N4O4S2/c1-15-20(22(29)26-17-5-3-2-4-6-17)11-16(12-24)23(25-15)32-13-21(28)27(18-7-8-18)19-9-10-33(30,31)14-19/h2-6,11,18-19H,7-10,13-14H2,1H3,(H,26,29)/t19-/m1/s1. The second kappa shape index (κ2) is 9.53. The molecule has 1 aromatic carbocycles. The van der Waals surface area contributed by atoms with Gasteiger partial charge in [-0.15, -0.1) is 0 Å². The normalized spacial score (nSPS) is 19.0. The third-order valence-electron chi connectivity index (χ3n) is 5.74. The van der Waals surface area contributed by atoms with Crippen LogP contribution in [-0.4, -0.2) is 59.5 Å². The molecule has 0 unspecified atom stereocenters. The fraction of sp³-hybridized carbons (Fsp3) is 0.391. The van der Waals surface area contributed by atoms with Gasteiger partial charge in [0.2, 0.25) is 5.91 Å². The predicted octanol–water partition coefficient (Wildman–Crippen LogP) is 2.78. The molecule has 4 rings (SSSR count). The lowest BCUT2D eigenvalue weighted by atomic mass is 10.1. The molecule has 1 aliphatic heterocycles. The Morgan fingerprint density at radius 2 is 1.94 bits per heavy atom. The number of aromatic nitrogens is 1. The van der Waals surface area contributed by atoms with Crippen molar-refractivity contribution in [3.8, 4) is 6.07 Å². The summed E-state index contributed by atoms with van der Waals surface area (Å²) in [5.74, 6) is -0.306. The first kappa shape index (κ1) is 23.3. The van der Waals surface area contributed by atoms with Gasteiger partial charge in [-0.05, 0) is 44.4 Å². The van der Waals surface area contributed by atoms with E-state index in [2.05, 4.69) is 16.4 Å². The SMILES string of the molecule is Cc1nc(SCC(=O)N(C2CC2)[C@@H]2CCS(=O)(=O)C2)c(C#N)cc1C(=O)Nc1ccccc1. The first-order chi connectivity index (χ1) is 15.8. The topological polar surface area (TPSA) is 120 Å². The Morgan fingerprint density at radius 1 is 1.21 bits per heavy atom. The lowest BCUT2D eigenvalue weighted by molar-refractivity contribution is -0.130. The van der Waals surface area contributed by atoms with Crippen LogP contribution in [0.4, 0.5) is 5.69 Å². The largest absolute Gasteiger partial charge is 0.335 e. The maximum atomic E-state index is 13.0. The van der Waals surface area contributed by atoms with E-state index in [1.54, 1.807) is 24.0 Å². The van der Waals surface area contributed by atoms with Gasteiger partial charge in [0, 0.05) is 17.8 Å². The summed E-state index contributed by atoms with van der Waals surface area (Å²) in [5, 5.41) is 12.8. The van der Waals surface area contributed by atoms with E-state index in [1.807, 2.05) is 18.2 Å². The number of para-hydroxylation sites is 1. The average molecular weight is 485 g/mol. The average Bonchev–Trinajstić information content (AvgIpc) is 3.55. The van der Waals surface area contributed by atoms with Gasteiger partial charge in [0.15, 0.2) is 9.84 Å². The molecule has 2 fully saturated rings. The second-order valence-corrected chi connectivity index (χ2v) is 11.5. The van der Waals surface area contributed by atoms with Crippen LogP contribution in [0.2, 0.25) is 0 Å². The van der Waals surface area contributed by atoms with Crippen molar-refractivity contribution in [1.29, 1.82) is 5.26 Å². The summed E-state index contributed by atoms with van der Waals surface area (Å²) in [5.41, 5.74) is 1.61. The number of benzene rings is 1. The lowest BCUT2D eigenvalue weighted by Gasteiger charge is -2.28. The van der Waals surface area contributed by atoms with Crippen molar-refractivity contribution in [3.63, 3.8) is 0 Å². The first-order valence-electron chi connectivity index (χ1n) is 10.7. The van der Waals surface area contributed by atoms with Gasteiger partial charge in [-0.2, -0.15) is 5.26 Å². The molecule has 0 spiro atoms. The van der Waals surface area contributed by atoms with Crippen molar-refractivity contribution >= 4 is 39.1 Å². The van der Waals surface area contributed by atoms with E-state index in [0.717, 1.165) is 24.6 Å². The Hall–Kier alpha value is -2.90. The Labute approximate surface area is 197 Å². The molecule has 2 aromatic rings. The minimum Gasteiger partial charge on any atom is -0.335 e. The van der Waals surface area contributed by atoms with Gasteiger partial charge in [0.05, 0.1) is 34.1 Å². The highest BCUT2D eigenvalue weighted by Crippen LogP contribution is 2.33. The maximum Gasteiger partial charge on any atom is 0.257 e. The van der Waals surface area contributed by atoms with Crippen LogP contribution in [0.3, 0.4) is 0 Å². The van der Waals surface area contributed by atoms with Gasteiger partial charge >= 0.3 is 0 Å². The molecule has 33 heavy (non-hydrogen) atoms. The summed E-state index contributed by atoms with van der Waals surface area (Å²) in [6.07, 6.45) is 2.25. The summed E-state index contributed by atoms with van der Waals surface area (Å²) in [6, 6.07) is 12.4. The smallest absolute Gasteiger partial charge is 0.257 e. The summed E-state index contributed by atoms with van der Waals surface area (Å²) < 4.78 is 23.8. The third-order valence-corrected chi connectivity index (χ3v) is 8.46. The summed E-state index contributed by atoms with van der Waals surface area (Å²) in [7, 11) is -3.09. The van der Waals surface area contributed by atoms with E-state index in [9.17, 15) is 23.3 Å². The van der Waals surface area contributed by atoms with E-state index < -0.39 is 9.84 Å². The van der Waals surface area contributed by atoms with Crippen LogP contribution in [0, 0.1) is 18.3 Å². The van der Waals surface area contributed by atoms with Crippen molar-refractivity contribution in [2.45, 2.75) is 43.3 Å². The van der Waals surface area contributed by atoms with Gasteiger partial charge in [-0.25, -0.2) is 13.4 Å². The minimum absolute atomic E-state index is 0.0198. The zero-order valence-corrected chi connectivity index (χ0v) is 19.8. The first-order valence-corrected chi connectivity index (χ1v) is 13.5. The third kappa shape index (κ3) is 5.54. The van der Waals surface area contributed by atoms with Crippen molar-refractivity contribution in [2.24, 2.45) is 0 Å².